The normalized spacial score (nSPS) is 17.3. The van der Waals surface area contributed by atoms with E-state index in [1.165, 1.54) is 0 Å². The predicted molar refractivity (Wildman–Crippen MR) is 87.2 cm³/mol. The molecule has 0 saturated heterocycles. The molecular weight excluding hydrogens is 278 g/mol. The van der Waals surface area contributed by atoms with Crippen LogP contribution >= 0.6 is 0 Å². The molecule has 1 saturated carbocycles. The van der Waals surface area contributed by atoms with Gasteiger partial charge in [0, 0.05) is 19.2 Å². The second kappa shape index (κ2) is 6.29. The minimum atomic E-state index is -0.709. The number of benzene rings is 1. The van der Waals surface area contributed by atoms with Gasteiger partial charge in [0.1, 0.15) is 11.4 Å². The van der Waals surface area contributed by atoms with Gasteiger partial charge in [-0.3, -0.25) is 4.79 Å². The summed E-state index contributed by atoms with van der Waals surface area (Å²) in [5.41, 5.74) is -0.348. The van der Waals surface area contributed by atoms with Crippen LogP contribution in [-0.4, -0.2) is 40.7 Å². The van der Waals surface area contributed by atoms with Crippen LogP contribution in [0.15, 0.2) is 24.3 Å². The van der Waals surface area contributed by atoms with Gasteiger partial charge in [0.05, 0.1) is 5.60 Å². The van der Waals surface area contributed by atoms with Crippen molar-refractivity contribution in [2.45, 2.75) is 57.7 Å². The maximum Gasteiger partial charge on any atom is 0.253 e. The number of aliphatic hydroxyl groups is 1. The molecule has 0 aliphatic heterocycles. The van der Waals surface area contributed by atoms with E-state index in [1.807, 2.05) is 32.9 Å². The third-order valence-electron chi connectivity index (χ3n) is 3.94. The number of ether oxygens (including phenoxy) is 1. The van der Waals surface area contributed by atoms with Gasteiger partial charge >= 0.3 is 0 Å². The lowest BCUT2D eigenvalue weighted by Gasteiger charge is -2.28. The molecule has 0 radical (unpaired) electrons. The molecule has 0 heterocycles. The Morgan fingerprint density at radius 1 is 1.23 bits per heavy atom. The van der Waals surface area contributed by atoms with Crippen molar-refractivity contribution >= 4 is 5.91 Å². The number of hydrogen-bond donors (Lipinski definition) is 1. The molecule has 1 aromatic rings. The van der Waals surface area contributed by atoms with Gasteiger partial charge in [-0.25, -0.2) is 0 Å². The SMILES string of the molecule is CN(CC1(O)CCCC1)C(=O)c1ccc(OC(C)(C)C)cc1. The monoisotopic (exact) mass is 305 g/mol. The third-order valence-corrected chi connectivity index (χ3v) is 3.94. The van der Waals surface area contributed by atoms with Crippen LogP contribution in [0.4, 0.5) is 0 Å². The quantitative estimate of drug-likeness (QED) is 0.929. The molecule has 122 valence electrons. The van der Waals surface area contributed by atoms with Crippen molar-refractivity contribution in [2.24, 2.45) is 0 Å². The Morgan fingerprint density at radius 3 is 2.27 bits per heavy atom. The van der Waals surface area contributed by atoms with Crippen molar-refractivity contribution in [3.8, 4) is 5.75 Å². The maximum atomic E-state index is 12.4. The Bertz CT molecular complexity index is 510. The number of rotatable bonds is 4. The Balaban J connectivity index is 1.99. The number of amides is 1. The van der Waals surface area contributed by atoms with Crippen LogP contribution in [0, 0.1) is 0 Å². The molecule has 0 spiro atoms. The van der Waals surface area contributed by atoms with Crippen molar-refractivity contribution in [3.05, 3.63) is 29.8 Å². The van der Waals surface area contributed by atoms with E-state index in [0.29, 0.717) is 12.1 Å². The van der Waals surface area contributed by atoms with Gasteiger partial charge in [-0.1, -0.05) is 12.8 Å². The first kappa shape index (κ1) is 16.8. The van der Waals surface area contributed by atoms with Gasteiger partial charge in [-0.05, 0) is 57.9 Å². The van der Waals surface area contributed by atoms with E-state index >= 15 is 0 Å². The summed E-state index contributed by atoms with van der Waals surface area (Å²) in [4.78, 5) is 14.1. The van der Waals surface area contributed by atoms with Crippen LogP contribution in [0.5, 0.6) is 5.75 Å². The first-order valence-corrected chi connectivity index (χ1v) is 7.96. The van der Waals surface area contributed by atoms with Gasteiger partial charge in [0.25, 0.3) is 5.91 Å². The van der Waals surface area contributed by atoms with Crippen LogP contribution < -0.4 is 4.74 Å². The molecule has 2 rings (SSSR count). The summed E-state index contributed by atoms with van der Waals surface area (Å²) < 4.78 is 5.76. The summed E-state index contributed by atoms with van der Waals surface area (Å²) in [6.45, 7) is 6.36. The minimum Gasteiger partial charge on any atom is -0.488 e. The Hall–Kier alpha value is -1.55. The first-order chi connectivity index (χ1) is 10.2. The minimum absolute atomic E-state index is 0.0670. The van der Waals surface area contributed by atoms with Crippen LogP contribution in [0.2, 0.25) is 0 Å². The molecule has 1 amide bonds. The zero-order valence-electron chi connectivity index (χ0n) is 14.1. The molecule has 0 unspecified atom stereocenters. The molecule has 1 aliphatic carbocycles. The zero-order chi connectivity index (χ0) is 16.4. The maximum absolute atomic E-state index is 12.4. The third kappa shape index (κ3) is 4.47. The standard InChI is InChI=1S/C18H27NO3/c1-17(2,3)22-15-9-7-14(8-10-15)16(20)19(4)13-18(21)11-5-6-12-18/h7-10,21H,5-6,11-13H2,1-4H3. The lowest BCUT2D eigenvalue weighted by atomic mass is 10.0. The lowest BCUT2D eigenvalue weighted by molar-refractivity contribution is 0.0156. The highest BCUT2D eigenvalue weighted by Gasteiger charge is 2.33. The highest BCUT2D eigenvalue weighted by atomic mass is 16.5. The fourth-order valence-electron chi connectivity index (χ4n) is 2.94. The predicted octanol–water partition coefficient (Wildman–Crippen LogP) is 3.24. The fraction of sp³-hybridized carbons (Fsp3) is 0.611. The number of nitrogens with zero attached hydrogens (tertiary/aromatic N) is 1. The fourth-order valence-corrected chi connectivity index (χ4v) is 2.94. The Kier molecular flexibility index (Phi) is 4.81. The van der Waals surface area contributed by atoms with Crippen LogP contribution in [-0.2, 0) is 0 Å². The average Bonchev–Trinajstić information content (AvgIpc) is 2.83. The molecule has 1 N–H and O–H groups in total. The van der Waals surface area contributed by atoms with E-state index < -0.39 is 5.60 Å². The number of likely N-dealkylation sites (N-methyl/N-ethyl adjacent to an activating group) is 1. The second-order valence-corrected chi connectivity index (χ2v) is 7.33. The lowest BCUT2D eigenvalue weighted by Crippen LogP contribution is -2.42. The van der Waals surface area contributed by atoms with E-state index in [-0.39, 0.29) is 11.5 Å². The first-order valence-electron chi connectivity index (χ1n) is 7.96. The van der Waals surface area contributed by atoms with Gasteiger partial charge in [0.15, 0.2) is 0 Å². The molecule has 1 aliphatic rings. The molecule has 0 aromatic heterocycles. The number of carbonyl (C=O) groups is 1. The van der Waals surface area contributed by atoms with E-state index in [0.717, 1.165) is 31.4 Å². The average molecular weight is 305 g/mol. The van der Waals surface area contributed by atoms with E-state index in [4.69, 9.17) is 4.74 Å². The largest absolute Gasteiger partial charge is 0.488 e. The van der Waals surface area contributed by atoms with Crippen molar-refractivity contribution in [2.75, 3.05) is 13.6 Å². The van der Waals surface area contributed by atoms with E-state index in [9.17, 15) is 9.90 Å². The summed E-state index contributed by atoms with van der Waals surface area (Å²) >= 11 is 0. The van der Waals surface area contributed by atoms with Crippen molar-refractivity contribution < 1.29 is 14.6 Å². The van der Waals surface area contributed by atoms with Crippen molar-refractivity contribution in [3.63, 3.8) is 0 Å². The summed E-state index contributed by atoms with van der Waals surface area (Å²) in [7, 11) is 1.75. The van der Waals surface area contributed by atoms with Gasteiger partial charge in [-0.2, -0.15) is 0 Å². The number of hydrogen-bond acceptors (Lipinski definition) is 3. The molecule has 22 heavy (non-hydrogen) atoms. The summed E-state index contributed by atoms with van der Waals surface area (Å²) in [5.74, 6) is 0.684. The van der Waals surface area contributed by atoms with Gasteiger partial charge in [0.2, 0.25) is 0 Å². The molecule has 0 atom stereocenters. The topological polar surface area (TPSA) is 49.8 Å². The summed E-state index contributed by atoms with van der Waals surface area (Å²) in [6, 6.07) is 7.18. The van der Waals surface area contributed by atoms with Crippen molar-refractivity contribution in [1.82, 2.24) is 4.90 Å². The zero-order valence-corrected chi connectivity index (χ0v) is 14.1. The molecule has 1 aromatic carbocycles. The highest BCUT2D eigenvalue weighted by Crippen LogP contribution is 2.30. The van der Waals surface area contributed by atoms with Crippen molar-refractivity contribution in [1.29, 1.82) is 0 Å². The molecule has 4 nitrogen and oxygen atoms in total. The Morgan fingerprint density at radius 2 is 1.77 bits per heavy atom. The summed E-state index contributed by atoms with van der Waals surface area (Å²) in [6.07, 6.45) is 3.64. The van der Waals surface area contributed by atoms with Gasteiger partial charge < -0.3 is 14.7 Å². The van der Waals surface area contributed by atoms with Crippen LogP contribution in [0.3, 0.4) is 0 Å². The van der Waals surface area contributed by atoms with Gasteiger partial charge in [-0.15, -0.1) is 0 Å². The van der Waals surface area contributed by atoms with E-state index in [1.54, 1.807) is 24.1 Å². The van der Waals surface area contributed by atoms with Crippen LogP contribution in [0.25, 0.3) is 0 Å². The number of carbonyl (C=O) groups excluding carboxylic acids is 1. The molecular formula is C18H27NO3. The second-order valence-electron chi connectivity index (χ2n) is 7.33. The smallest absolute Gasteiger partial charge is 0.253 e. The summed E-state index contributed by atoms with van der Waals surface area (Å²) in [5, 5.41) is 10.4. The molecule has 0 bridgehead atoms. The molecule has 4 heteroatoms. The highest BCUT2D eigenvalue weighted by molar-refractivity contribution is 5.94. The van der Waals surface area contributed by atoms with Crippen LogP contribution in [0.1, 0.15) is 56.8 Å². The molecule has 1 fully saturated rings. The Labute approximate surface area is 133 Å². The van der Waals surface area contributed by atoms with E-state index in [2.05, 4.69) is 0 Å².